The maximum atomic E-state index is 11.6. The molecule has 8 heteroatoms. The summed E-state index contributed by atoms with van der Waals surface area (Å²) in [6.45, 7) is 0. The molecule has 3 rings (SSSR count). The van der Waals surface area contributed by atoms with Gasteiger partial charge in [-0.1, -0.05) is 0 Å². The highest BCUT2D eigenvalue weighted by Gasteiger charge is 2.11. The topological polar surface area (TPSA) is 77.1 Å². The summed E-state index contributed by atoms with van der Waals surface area (Å²) in [7, 11) is 3.45. The summed E-state index contributed by atoms with van der Waals surface area (Å²) >= 11 is 3.43. The number of halogens is 1. The third-order valence-electron chi connectivity index (χ3n) is 3.08. The average Bonchev–Trinajstić information content (AvgIpc) is 3.00. The Labute approximate surface area is 129 Å². The Balaban J connectivity index is 1.94. The molecule has 0 radical (unpaired) electrons. The van der Waals surface area contributed by atoms with E-state index < -0.39 is 0 Å². The van der Waals surface area contributed by atoms with E-state index in [4.69, 9.17) is 0 Å². The van der Waals surface area contributed by atoms with Gasteiger partial charge in [-0.25, -0.2) is 9.97 Å². The highest BCUT2D eigenvalue weighted by Crippen LogP contribution is 2.18. The lowest BCUT2D eigenvalue weighted by atomic mass is 10.2. The number of imidazole rings is 1. The first kappa shape index (κ1) is 13.7. The van der Waals surface area contributed by atoms with Crippen LogP contribution in [0.2, 0.25) is 0 Å². The summed E-state index contributed by atoms with van der Waals surface area (Å²) in [6.07, 6.45) is 7.76. The second-order valence-corrected chi connectivity index (χ2v) is 5.40. The minimum absolute atomic E-state index is 0.220. The molecule has 0 atom stereocenters. The van der Waals surface area contributed by atoms with Crippen molar-refractivity contribution in [1.82, 2.24) is 29.5 Å². The molecule has 108 valence electrons. The Bertz CT molecular complexity index is 821. The molecule has 0 aliphatic carbocycles. The van der Waals surface area contributed by atoms with Crippen molar-refractivity contribution < 1.29 is 4.79 Å². The van der Waals surface area contributed by atoms with E-state index >= 15 is 0 Å². The predicted molar refractivity (Wildman–Crippen MR) is 80.1 cm³/mol. The van der Waals surface area contributed by atoms with Gasteiger partial charge >= 0.3 is 0 Å². The summed E-state index contributed by atoms with van der Waals surface area (Å²) < 4.78 is 4.36. The van der Waals surface area contributed by atoms with Crippen LogP contribution in [0, 0.1) is 0 Å². The van der Waals surface area contributed by atoms with E-state index in [1.54, 1.807) is 28.5 Å². The third kappa shape index (κ3) is 2.66. The lowest BCUT2D eigenvalue weighted by Gasteiger charge is -1.98. The van der Waals surface area contributed by atoms with Crippen molar-refractivity contribution in [2.75, 3.05) is 7.05 Å². The Hall–Kier alpha value is -2.22. The van der Waals surface area contributed by atoms with Crippen molar-refractivity contribution in [3.05, 3.63) is 46.3 Å². The Morgan fingerprint density at radius 2 is 2.19 bits per heavy atom. The highest BCUT2D eigenvalue weighted by atomic mass is 79.9. The van der Waals surface area contributed by atoms with E-state index in [1.165, 1.54) is 0 Å². The number of aryl methyl sites for hydroxylation is 1. The van der Waals surface area contributed by atoms with Crippen LogP contribution in [-0.2, 0) is 13.5 Å². The van der Waals surface area contributed by atoms with E-state index in [2.05, 4.69) is 36.3 Å². The lowest BCUT2D eigenvalue weighted by molar-refractivity contribution is 0.0957. The molecule has 0 aliphatic rings. The average molecular weight is 349 g/mol. The number of hydrogen-bond donors (Lipinski definition) is 1. The van der Waals surface area contributed by atoms with Crippen molar-refractivity contribution in [1.29, 1.82) is 0 Å². The number of carbonyl (C=O) groups excluding carboxylic acids is 1. The SMILES string of the molecule is CNC(=O)c1cn2cc(Cc3cn(C)nc3Br)nc2cn1. The number of amides is 1. The number of aromatic nitrogens is 5. The molecule has 0 unspecified atom stereocenters. The normalized spacial score (nSPS) is 11.0. The second-order valence-electron chi connectivity index (χ2n) is 4.64. The van der Waals surface area contributed by atoms with Crippen LogP contribution in [0.4, 0.5) is 0 Å². The number of nitrogens with zero attached hydrogens (tertiary/aromatic N) is 5. The van der Waals surface area contributed by atoms with Crippen molar-refractivity contribution in [2.24, 2.45) is 7.05 Å². The van der Waals surface area contributed by atoms with Gasteiger partial charge in [0, 0.05) is 44.7 Å². The smallest absolute Gasteiger partial charge is 0.271 e. The van der Waals surface area contributed by atoms with E-state index in [0.29, 0.717) is 17.8 Å². The van der Waals surface area contributed by atoms with Gasteiger partial charge < -0.3 is 9.72 Å². The van der Waals surface area contributed by atoms with Crippen molar-refractivity contribution >= 4 is 27.5 Å². The van der Waals surface area contributed by atoms with E-state index in [1.807, 2.05) is 19.4 Å². The lowest BCUT2D eigenvalue weighted by Crippen LogP contribution is -2.19. The fourth-order valence-corrected chi connectivity index (χ4v) is 2.60. The largest absolute Gasteiger partial charge is 0.354 e. The van der Waals surface area contributed by atoms with Crippen LogP contribution >= 0.6 is 15.9 Å². The van der Waals surface area contributed by atoms with Crippen molar-refractivity contribution in [3.63, 3.8) is 0 Å². The second kappa shape index (κ2) is 5.28. The summed E-state index contributed by atoms with van der Waals surface area (Å²) in [6, 6.07) is 0. The maximum Gasteiger partial charge on any atom is 0.271 e. The molecule has 0 fully saturated rings. The van der Waals surface area contributed by atoms with Crippen LogP contribution in [0.5, 0.6) is 0 Å². The number of hydrogen-bond acceptors (Lipinski definition) is 4. The fraction of sp³-hybridized carbons (Fsp3) is 0.231. The summed E-state index contributed by atoms with van der Waals surface area (Å²) in [5.41, 5.74) is 3.01. The predicted octanol–water partition coefficient (Wildman–Crippen LogP) is 1.18. The molecule has 3 heterocycles. The first-order valence-electron chi connectivity index (χ1n) is 6.30. The zero-order chi connectivity index (χ0) is 15.0. The molecule has 0 aliphatic heterocycles. The Kier molecular flexibility index (Phi) is 3.46. The summed E-state index contributed by atoms with van der Waals surface area (Å²) in [5, 5.41) is 6.79. The zero-order valence-corrected chi connectivity index (χ0v) is 13.1. The number of nitrogens with one attached hydrogen (secondary N) is 1. The first-order chi connectivity index (χ1) is 10.1. The molecular weight excluding hydrogens is 336 g/mol. The van der Waals surface area contributed by atoms with Gasteiger partial charge in [0.2, 0.25) is 0 Å². The van der Waals surface area contributed by atoms with Gasteiger partial charge in [-0.15, -0.1) is 0 Å². The molecular formula is C13H13BrN6O. The minimum Gasteiger partial charge on any atom is -0.354 e. The monoisotopic (exact) mass is 348 g/mol. The Morgan fingerprint density at radius 1 is 1.38 bits per heavy atom. The van der Waals surface area contributed by atoms with Crippen LogP contribution in [0.15, 0.2) is 29.4 Å². The van der Waals surface area contributed by atoms with Crippen LogP contribution in [0.1, 0.15) is 21.7 Å². The number of fused-ring (bicyclic) bond motifs is 1. The molecule has 0 aromatic carbocycles. The first-order valence-corrected chi connectivity index (χ1v) is 7.10. The molecule has 3 aromatic rings. The molecule has 1 N–H and O–H groups in total. The molecule has 3 aromatic heterocycles. The van der Waals surface area contributed by atoms with E-state index in [9.17, 15) is 4.79 Å². The molecule has 0 spiro atoms. The van der Waals surface area contributed by atoms with Gasteiger partial charge in [-0.3, -0.25) is 9.48 Å². The van der Waals surface area contributed by atoms with Crippen LogP contribution in [0.3, 0.4) is 0 Å². The molecule has 7 nitrogen and oxygen atoms in total. The van der Waals surface area contributed by atoms with E-state index in [0.717, 1.165) is 15.9 Å². The minimum atomic E-state index is -0.220. The Morgan fingerprint density at radius 3 is 2.86 bits per heavy atom. The molecule has 0 saturated heterocycles. The maximum absolute atomic E-state index is 11.6. The third-order valence-corrected chi connectivity index (χ3v) is 3.74. The highest BCUT2D eigenvalue weighted by molar-refractivity contribution is 9.10. The number of carbonyl (C=O) groups is 1. The molecule has 0 saturated carbocycles. The van der Waals surface area contributed by atoms with Crippen LogP contribution in [0.25, 0.3) is 5.65 Å². The van der Waals surface area contributed by atoms with Gasteiger partial charge in [-0.2, -0.15) is 5.10 Å². The van der Waals surface area contributed by atoms with Crippen LogP contribution < -0.4 is 5.32 Å². The van der Waals surface area contributed by atoms with Gasteiger partial charge in [0.15, 0.2) is 5.65 Å². The van der Waals surface area contributed by atoms with Crippen LogP contribution in [-0.4, -0.2) is 37.1 Å². The van der Waals surface area contributed by atoms with Gasteiger partial charge in [0.05, 0.1) is 11.9 Å². The van der Waals surface area contributed by atoms with Crippen molar-refractivity contribution in [3.8, 4) is 0 Å². The van der Waals surface area contributed by atoms with Gasteiger partial charge in [-0.05, 0) is 15.9 Å². The van der Waals surface area contributed by atoms with Gasteiger partial charge in [0.1, 0.15) is 10.3 Å². The van der Waals surface area contributed by atoms with Crippen molar-refractivity contribution in [2.45, 2.75) is 6.42 Å². The standard InChI is InChI=1S/C13H13BrN6O/c1-15-13(21)10-7-20-6-9(17-11(20)4-16-10)3-8-5-19(2)18-12(8)14/h4-7H,3H2,1-2H3,(H,15,21). The fourth-order valence-electron chi connectivity index (χ4n) is 2.11. The quantitative estimate of drug-likeness (QED) is 0.770. The van der Waals surface area contributed by atoms with E-state index in [-0.39, 0.29) is 5.91 Å². The van der Waals surface area contributed by atoms with Gasteiger partial charge in [0.25, 0.3) is 5.91 Å². The summed E-state index contributed by atoms with van der Waals surface area (Å²) in [5.74, 6) is -0.220. The zero-order valence-electron chi connectivity index (χ0n) is 11.5. The summed E-state index contributed by atoms with van der Waals surface area (Å²) in [4.78, 5) is 20.2. The number of rotatable bonds is 3. The molecule has 0 bridgehead atoms. The molecule has 1 amide bonds. The molecule has 21 heavy (non-hydrogen) atoms.